The molecule has 0 spiro atoms. The second-order valence-corrected chi connectivity index (χ2v) is 4.63. The standard InChI is InChI=1S/C12H10BrClN2O/c1-15-12-7-9(4-5-16-12)17-11-6-8(13)2-3-10(11)14/h2-7H,1H3,(H,15,16). The number of nitrogens with one attached hydrogen (secondary N) is 1. The van der Waals surface area contributed by atoms with Gasteiger partial charge in [-0.15, -0.1) is 0 Å². The Kier molecular flexibility index (Phi) is 3.86. The first-order valence-electron chi connectivity index (χ1n) is 4.96. The van der Waals surface area contributed by atoms with E-state index in [4.69, 9.17) is 16.3 Å². The predicted molar refractivity (Wildman–Crippen MR) is 73.0 cm³/mol. The number of rotatable bonds is 3. The smallest absolute Gasteiger partial charge is 0.147 e. The number of ether oxygens (including phenoxy) is 1. The number of halogens is 2. The number of nitrogens with zero attached hydrogens (tertiary/aromatic N) is 1. The molecule has 0 radical (unpaired) electrons. The average Bonchev–Trinajstić information content (AvgIpc) is 2.34. The van der Waals surface area contributed by atoms with Crippen LogP contribution in [0.2, 0.25) is 5.02 Å². The third-order valence-corrected chi connectivity index (χ3v) is 2.91. The lowest BCUT2D eigenvalue weighted by Gasteiger charge is -2.08. The molecule has 88 valence electrons. The van der Waals surface area contributed by atoms with Crippen LogP contribution < -0.4 is 10.1 Å². The number of hydrogen-bond acceptors (Lipinski definition) is 3. The Morgan fingerprint density at radius 2 is 2.12 bits per heavy atom. The van der Waals surface area contributed by atoms with E-state index >= 15 is 0 Å². The molecule has 5 heteroatoms. The zero-order valence-electron chi connectivity index (χ0n) is 9.08. The van der Waals surface area contributed by atoms with E-state index in [1.54, 1.807) is 31.4 Å². The summed E-state index contributed by atoms with van der Waals surface area (Å²) >= 11 is 9.42. The normalized spacial score (nSPS) is 10.1. The maximum atomic E-state index is 6.04. The van der Waals surface area contributed by atoms with Crippen molar-refractivity contribution in [2.45, 2.75) is 0 Å². The number of hydrogen-bond donors (Lipinski definition) is 1. The summed E-state index contributed by atoms with van der Waals surface area (Å²) in [5, 5.41) is 3.51. The van der Waals surface area contributed by atoms with Crippen molar-refractivity contribution in [2.75, 3.05) is 12.4 Å². The molecule has 0 fully saturated rings. The van der Waals surface area contributed by atoms with Gasteiger partial charge in [-0.2, -0.15) is 0 Å². The first-order chi connectivity index (χ1) is 8.19. The minimum Gasteiger partial charge on any atom is -0.456 e. The monoisotopic (exact) mass is 312 g/mol. The van der Waals surface area contributed by atoms with E-state index in [1.165, 1.54) is 0 Å². The van der Waals surface area contributed by atoms with Crippen LogP contribution >= 0.6 is 27.5 Å². The molecule has 0 aliphatic heterocycles. The minimum absolute atomic E-state index is 0.566. The molecular weight excluding hydrogens is 304 g/mol. The lowest BCUT2D eigenvalue weighted by Crippen LogP contribution is -1.92. The number of pyridine rings is 1. The highest BCUT2D eigenvalue weighted by Gasteiger charge is 2.04. The summed E-state index contributed by atoms with van der Waals surface area (Å²) < 4.78 is 6.61. The number of aromatic nitrogens is 1. The fourth-order valence-electron chi connectivity index (χ4n) is 1.29. The number of benzene rings is 1. The average molecular weight is 314 g/mol. The fraction of sp³-hybridized carbons (Fsp3) is 0.0833. The van der Waals surface area contributed by atoms with E-state index in [-0.39, 0.29) is 0 Å². The van der Waals surface area contributed by atoms with Crippen LogP contribution in [0.3, 0.4) is 0 Å². The molecule has 0 aliphatic carbocycles. The van der Waals surface area contributed by atoms with Gasteiger partial charge in [0.05, 0.1) is 5.02 Å². The Labute approximate surface area is 113 Å². The first kappa shape index (κ1) is 12.2. The largest absolute Gasteiger partial charge is 0.456 e. The van der Waals surface area contributed by atoms with Crippen molar-refractivity contribution in [2.24, 2.45) is 0 Å². The second-order valence-electron chi connectivity index (χ2n) is 3.30. The van der Waals surface area contributed by atoms with Gasteiger partial charge in [-0.25, -0.2) is 4.98 Å². The van der Waals surface area contributed by atoms with Gasteiger partial charge in [0.25, 0.3) is 0 Å². The van der Waals surface area contributed by atoms with Crippen molar-refractivity contribution in [3.63, 3.8) is 0 Å². The van der Waals surface area contributed by atoms with Crippen LogP contribution in [-0.2, 0) is 0 Å². The van der Waals surface area contributed by atoms with Gasteiger partial charge < -0.3 is 10.1 Å². The van der Waals surface area contributed by atoms with Crippen LogP contribution in [0.4, 0.5) is 5.82 Å². The van der Waals surface area contributed by atoms with Crippen LogP contribution in [0.5, 0.6) is 11.5 Å². The lowest BCUT2D eigenvalue weighted by atomic mass is 10.3. The topological polar surface area (TPSA) is 34.1 Å². The Morgan fingerprint density at radius 1 is 1.29 bits per heavy atom. The fourth-order valence-corrected chi connectivity index (χ4v) is 1.79. The third-order valence-electron chi connectivity index (χ3n) is 2.11. The highest BCUT2D eigenvalue weighted by molar-refractivity contribution is 9.10. The molecule has 0 saturated heterocycles. The third kappa shape index (κ3) is 3.11. The second kappa shape index (κ2) is 5.38. The molecule has 2 aromatic rings. The molecule has 17 heavy (non-hydrogen) atoms. The Hall–Kier alpha value is -1.26. The van der Waals surface area contributed by atoms with E-state index in [0.29, 0.717) is 16.5 Å². The summed E-state index contributed by atoms with van der Waals surface area (Å²) in [7, 11) is 1.80. The van der Waals surface area contributed by atoms with Crippen molar-refractivity contribution >= 4 is 33.3 Å². The van der Waals surface area contributed by atoms with E-state index in [9.17, 15) is 0 Å². The highest BCUT2D eigenvalue weighted by Crippen LogP contribution is 2.32. The molecule has 1 heterocycles. The van der Waals surface area contributed by atoms with Crippen LogP contribution in [0.25, 0.3) is 0 Å². The molecule has 0 atom stereocenters. The van der Waals surface area contributed by atoms with Gasteiger partial charge in [0.1, 0.15) is 17.3 Å². The SMILES string of the molecule is CNc1cc(Oc2cc(Br)ccc2Cl)ccn1. The van der Waals surface area contributed by atoms with Crippen molar-refractivity contribution in [1.29, 1.82) is 0 Å². The molecule has 1 aromatic carbocycles. The summed E-state index contributed by atoms with van der Waals surface area (Å²) in [6, 6.07) is 9.04. The Bertz CT molecular complexity index is 534. The van der Waals surface area contributed by atoms with Gasteiger partial charge in [0.15, 0.2) is 0 Å². The van der Waals surface area contributed by atoms with Crippen molar-refractivity contribution in [3.8, 4) is 11.5 Å². The summed E-state index contributed by atoms with van der Waals surface area (Å²) in [6.07, 6.45) is 1.67. The summed E-state index contributed by atoms with van der Waals surface area (Å²) in [5.74, 6) is 2.03. The van der Waals surface area contributed by atoms with E-state index < -0.39 is 0 Å². The molecule has 1 aromatic heterocycles. The molecule has 0 amide bonds. The summed E-state index contributed by atoms with van der Waals surface area (Å²) in [6.45, 7) is 0. The Balaban J connectivity index is 2.27. The van der Waals surface area contributed by atoms with Gasteiger partial charge in [0.2, 0.25) is 0 Å². The van der Waals surface area contributed by atoms with E-state index in [1.807, 2.05) is 12.1 Å². The lowest BCUT2D eigenvalue weighted by molar-refractivity contribution is 0.482. The van der Waals surface area contributed by atoms with Crippen LogP contribution in [-0.4, -0.2) is 12.0 Å². The first-order valence-corrected chi connectivity index (χ1v) is 6.13. The van der Waals surface area contributed by atoms with Crippen LogP contribution in [0.15, 0.2) is 41.0 Å². The quantitative estimate of drug-likeness (QED) is 0.915. The highest BCUT2D eigenvalue weighted by atomic mass is 79.9. The molecule has 3 nitrogen and oxygen atoms in total. The molecular formula is C12H10BrClN2O. The molecule has 0 bridgehead atoms. The summed E-state index contributed by atoms with van der Waals surface area (Å²) in [5.41, 5.74) is 0. The minimum atomic E-state index is 0.566. The maximum Gasteiger partial charge on any atom is 0.147 e. The van der Waals surface area contributed by atoms with Gasteiger partial charge in [-0.3, -0.25) is 0 Å². The van der Waals surface area contributed by atoms with Crippen molar-refractivity contribution in [1.82, 2.24) is 4.98 Å². The summed E-state index contributed by atoms with van der Waals surface area (Å²) in [4.78, 5) is 4.11. The van der Waals surface area contributed by atoms with Gasteiger partial charge in [0, 0.05) is 23.8 Å². The van der Waals surface area contributed by atoms with Crippen molar-refractivity contribution in [3.05, 3.63) is 46.0 Å². The zero-order valence-corrected chi connectivity index (χ0v) is 11.4. The Morgan fingerprint density at radius 3 is 2.88 bits per heavy atom. The van der Waals surface area contributed by atoms with Crippen molar-refractivity contribution < 1.29 is 4.74 Å². The van der Waals surface area contributed by atoms with Gasteiger partial charge in [-0.05, 0) is 24.3 Å². The molecule has 0 unspecified atom stereocenters. The maximum absolute atomic E-state index is 6.04. The molecule has 0 aliphatic rings. The molecule has 1 N–H and O–H groups in total. The zero-order chi connectivity index (χ0) is 12.3. The van der Waals surface area contributed by atoms with Crippen LogP contribution in [0, 0.1) is 0 Å². The van der Waals surface area contributed by atoms with Crippen LogP contribution in [0.1, 0.15) is 0 Å². The number of anilines is 1. The predicted octanol–water partition coefficient (Wildman–Crippen LogP) is 4.33. The van der Waals surface area contributed by atoms with E-state index in [2.05, 4.69) is 26.2 Å². The van der Waals surface area contributed by atoms with Gasteiger partial charge >= 0.3 is 0 Å². The molecule has 2 rings (SSSR count). The van der Waals surface area contributed by atoms with Gasteiger partial charge in [-0.1, -0.05) is 27.5 Å². The molecule has 0 saturated carbocycles. The van der Waals surface area contributed by atoms with E-state index in [0.717, 1.165) is 10.3 Å².